The van der Waals surface area contributed by atoms with Gasteiger partial charge < -0.3 is 10.2 Å². The molecule has 3 aromatic carbocycles. The first-order chi connectivity index (χ1) is 18.7. The molecular weight excluding hydrogens is 529 g/mol. The zero-order chi connectivity index (χ0) is 29.7. The number of carbonyl (C=O) groups excluding carboxylic acids is 2. The van der Waals surface area contributed by atoms with Gasteiger partial charge in [-0.05, 0) is 94.1 Å². The first kappa shape index (κ1) is 30.8. The van der Waals surface area contributed by atoms with Crippen LogP contribution in [0.2, 0.25) is 0 Å². The van der Waals surface area contributed by atoms with Gasteiger partial charge in [0.25, 0.3) is 10.0 Å². The Morgan fingerprint density at radius 1 is 0.925 bits per heavy atom. The lowest BCUT2D eigenvalue weighted by Gasteiger charge is -2.35. The van der Waals surface area contributed by atoms with Crippen molar-refractivity contribution in [3.05, 3.63) is 95.3 Å². The zero-order valence-corrected chi connectivity index (χ0v) is 24.8. The van der Waals surface area contributed by atoms with Crippen LogP contribution in [0.5, 0.6) is 0 Å². The molecule has 0 fully saturated rings. The molecule has 0 bridgehead atoms. The number of carbonyl (C=O) groups is 2. The molecule has 1 N–H and O–H groups in total. The van der Waals surface area contributed by atoms with Gasteiger partial charge in [-0.25, -0.2) is 12.8 Å². The maximum Gasteiger partial charge on any atom is 0.264 e. The summed E-state index contributed by atoms with van der Waals surface area (Å²) in [7, 11) is -4.14. The minimum absolute atomic E-state index is 0.00132. The summed E-state index contributed by atoms with van der Waals surface area (Å²) in [6.45, 7) is 10.6. The highest BCUT2D eigenvalue weighted by molar-refractivity contribution is 7.92. The Bertz CT molecular complexity index is 1440. The summed E-state index contributed by atoms with van der Waals surface area (Å²) >= 11 is 0. The molecule has 2 amide bonds. The van der Waals surface area contributed by atoms with E-state index in [2.05, 4.69) is 5.32 Å². The van der Waals surface area contributed by atoms with Crippen molar-refractivity contribution in [1.29, 1.82) is 0 Å². The molecule has 0 aromatic heterocycles. The topological polar surface area (TPSA) is 86.8 Å². The Morgan fingerprint density at radius 2 is 1.55 bits per heavy atom. The maximum absolute atomic E-state index is 14.1. The van der Waals surface area contributed by atoms with E-state index < -0.39 is 39.9 Å². The molecule has 9 heteroatoms. The third kappa shape index (κ3) is 7.69. The Labute approximate surface area is 237 Å². The van der Waals surface area contributed by atoms with E-state index in [4.69, 9.17) is 0 Å². The highest BCUT2D eigenvalue weighted by atomic mass is 32.2. The third-order valence-electron chi connectivity index (χ3n) is 6.54. The summed E-state index contributed by atoms with van der Waals surface area (Å²) in [5.74, 6) is -1.33. The summed E-state index contributed by atoms with van der Waals surface area (Å²) in [6, 6.07) is 17.9. The molecule has 214 valence electrons. The Morgan fingerprint density at radius 3 is 2.10 bits per heavy atom. The molecule has 0 radical (unpaired) electrons. The first-order valence-electron chi connectivity index (χ1n) is 13.2. The van der Waals surface area contributed by atoms with E-state index in [1.54, 1.807) is 49.4 Å². The molecule has 1 atom stereocenters. The van der Waals surface area contributed by atoms with Gasteiger partial charge in [-0.2, -0.15) is 0 Å². The summed E-state index contributed by atoms with van der Waals surface area (Å²) in [5.41, 5.74) is 2.26. The predicted molar refractivity (Wildman–Crippen MR) is 156 cm³/mol. The van der Waals surface area contributed by atoms with Crippen LogP contribution in [-0.4, -0.2) is 43.3 Å². The van der Waals surface area contributed by atoms with Gasteiger partial charge in [-0.3, -0.25) is 13.9 Å². The molecule has 40 heavy (non-hydrogen) atoms. The second-order valence-corrected chi connectivity index (χ2v) is 12.8. The van der Waals surface area contributed by atoms with Crippen LogP contribution in [0.25, 0.3) is 0 Å². The fourth-order valence-electron chi connectivity index (χ4n) is 4.29. The second kappa shape index (κ2) is 12.6. The Balaban J connectivity index is 2.08. The van der Waals surface area contributed by atoms with Crippen LogP contribution in [0.4, 0.5) is 10.1 Å². The van der Waals surface area contributed by atoms with Crippen LogP contribution in [0, 0.1) is 19.7 Å². The molecule has 3 aromatic rings. The first-order valence-corrected chi connectivity index (χ1v) is 14.7. The number of nitrogens with one attached hydrogen (secondary N) is 1. The number of rotatable bonds is 10. The van der Waals surface area contributed by atoms with Crippen molar-refractivity contribution in [2.24, 2.45) is 0 Å². The van der Waals surface area contributed by atoms with Gasteiger partial charge in [0.2, 0.25) is 11.8 Å². The van der Waals surface area contributed by atoms with Crippen LogP contribution in [-0.2, 0) is 26.2 Å². The summed E-state index contributed by atoms with van der Waals surface area (Å²) in [4.78, 5) is 28.8. The summed E-state index contributed by atoms with van der Waals surface area (Å²) < 4.78 is 42.5. The zero-order valence-electron chi connectivity index (χ0n) is 23.9. The molecule has 0 heterocycles. The van der Waals surface area contributed by atoms with Gasteiger partial charge in [0.05, 0.1) is 10.6 Å². The van der Waals surface area contributed by atoms with Gasteiger partial charge in [-0.15, -0.1) is 0 Å². The van der Waals surface area contributed by atoms with Crippen molar-refractivity contribution in [1.82, 2.24) is 10.2 Å². The minimum Gasteiger partial charge on any atom is -0.350 e. The number of anilines is 1. The lowest BCUT2D eigenvalue weighted by molar-refractivity contribution is -0.141. The van der Waals surface area contributed by atoms with Crippen LogP contribution in [0.1, 0.15) is 50.8 Å². The SMILES string of the molecule is CCC(C(=O)NC(C)(C)C)N(Cc1ccc(F)cc1)C(=O)CN(c1ccc(C)c(C)c1)S(=O)(=O)c1ccccc1. The van der Waals surface area contributed by atoms with Crippen molar-refractivity contribution < 1.29 is 22.4 Å². The smallest absolute Gasteiger partial charge is 0.264 e. The molecule has 0 aliphatic heterocycles. The van der Waals surface area contributed by atoms with Gasteiger partial charge in [0.15, 0.2) is 0 Å². The number of hydrogen-bond donors (Lipinski definition) is 1. The van der Waals surface area contributed by atoms with Gasteiger partial charge in [0.1, 0.15) is 18.4 Å². The number of sulfonamides is 1. The van der Waals surface area contributed by atoms with Crippen molar-refractivity contribution in [2.75, 3.05) is 10.8 Å². The number of benzene rings is 3. The molecule has 0 aliphatic carbocycles. The van der Waals surface area contributed by atoms with Crippen molar-refractivity contribution in [3.8, 4) is 0 Å². The fraction of sp³-hybridized carbons (Fsp3) is 0.355. The molecule has 7 nitrogen and oxygen atoms in total. The molecule has 3 rings (SSSR count). The highest BCUT2D eigenvalue weighted by Gasteiger charge is 2.34. The van der Waals surface area contributed by atoms with Gasteiger partial charge in [0, 0.05) is 12.1 Å². The van der Waals surface area contributed by atoms with E-state index in [-0.39, 0.29) is 17.3 Å². The molecule has 0 saturated carbocycles. The van der Waals surface area contributed by atoms with E-state index in [0.29, 0.717) is 17.7 Å². The van der Waals surface area contributed by atoms with Crippen LogP contribution < -0.4 is 9.62 Å². The highest BCUT2D eigenvalue weighted by Crippen LogP contribution is 2.27. The van der Waals surface area contributed by atoms with E-state index >= 15 is 0 Å². The molecule has 0 spiro atoms. The van der Waals surface area contributed by atoms with E-state index in [9.17, 15) is 22.4 Å². The molecule has 0 aliphatic rings. The monoisotopic (exact) mass is 567 g/mol. The lowest BCUT2D eigenvalue weighted by atomic mass is 10.1. The molecule has 1 unspecified atom stereocenters. The molecule has 0 saturated heterocycles. The van der Waals surface area contributed by atoms with Crippen LogP contribution in [0.15, 0.2) is 77.7 Å². The average Bonchev–Trinajstić information content (AvgIpc) is 2.89. The van der Waals surface area contributed by atoms with E-state index in [1.807, 2.05) is 40.7 Å². The number of amides is 2. The largest absolute Gasteiger partial charge is 0.350 e. The lowest BCUT2D eigenvalue weighted by Crippen LogP contribution is -2.55. The average molecular weight is 568 g/mol. The predicted octanol–water partition coefficient (Wildman–Crippen LogP) is 5.36. The summed E-state index contributed by atoms with van der Waals surface area (Å²) in [5, 5.41) is 2.93. The van der Waals surface area contributed by atoms with Crippen LogP contribution >= 0.6 is 0 Å². The number of hydrogen-bond acceptors (Lipinski definition) is 4. The van der Waals surface area contributed by atoms with Gasteiger partial charge >= 0.3 is 0 Å². The maximum atomic E-state index is 14.1. The standard InChI is InChI=1S/C31H38FN3O4S/c1-7-28(30(37)33-31(4,5)6)34(20-24-14-16-25(32)17-15-24)29(36)21-35(26-18-13-22(2)23(3)19-26)40(38,39)27-11-9-8-10-12-27/h8-19,28H,7,20-21H2,1-6H3,(H,33,37). The molecular formula is C31H38FN3O4S. The number of nitrogens with zero attached hydrogens (tertiary/aromatic N) is 2. The Kier molecular flexibility index (Phi) is 9.73. The van der Waals surface area contributed by atoms with Crippen molar-refractivity contribution in [3.63, 3.8) is 0 Å². The Hall–Kier alpha value is -3.72. The fourth-order valence-corrected chi connectivity index (χ4v) is 5.72. The number of aryl methyl sites for hydroxylation is 2. The quantitative estimate of drug-likeness (QED) is 0.357. The third-order valence-corrected chi connectivity index (χ3v) is 8.33. The minimum atomic E-state index is -4.14. The van der Waals surface area contributed by atoms with Gasteiger partial charge in [-0.1, -0.05) is 43.3 Å². The van der Waals surface area contributed by atoms with Crippen molar-refractivity contribution >= 4 is 27.5 Å². The van der Waals surface area contributed by atoms with Crippen LogP contribution in [0.3, 0.4) is 0 Å². The normalized spacial score (nSPS) is 12.5. The van der Waals surface area contributed by atoms with E-state index in [1.165, 1.54) is 29.2 Å². The van der Waals surface area contributed by atoms with E-state index in [0.717, 1.165) is 15.4 Å². The van der Waals surface area contributed by atoms with Crippen molar-refractivity contribution in [2.45, 2.75) is 71.0 Å². The summed E-state index contributed by atoms with van der Waals surface area (Å²) in [6.07, 6.45) is 0.296. The number of halogens is 1. The second-order valence-electron chi connectivity index (χ2n) is 10.9.